The second kappa shape index (κ2) is 6.43. The van der Waals surface area contributed by atoms with Gasteiger partial charge in [-0.15, -0.1) is 0 Å². The van der Waals surface area contributed by atoms with Crippen LogP contribution in [0.1, 0.15) is 16.1 Å². The molecule has 98 valence electrons. The molecule has 0 spiro atoms. The summed E-state index contributed by atoms with van der Waals surface area (Å²) in [4.78, 5) is 16.0. The van der Waals surface area contributed by atoms with Gasteiger partial charge in [0.1, 0.15) is 5.82 Å². The van der Waals surface area contributed by atoms with Crippen LogP contribution in [0.15, 0.2) is 47.1 Å². The van der Waals surface area contributed by atoms with Crippen molar-refractivity contribution in [3.05, 3.63) is 64.1 Å². The van der Waals surface area contributed by atoms with E-state index >= 15 is 0 Å². The van der Waals surface area contributed by atoms with Crippen LogP contribution in [0, 0.1) is 5.82 Å². The molecule has 19 heavy (non-hydrogen) atoms. The van der Waals surface area contributed by atoms with Gasteiger partial charge in [-0.05, 0) is 30.3 Å². The first-order valence-corrected chi connectivity index (χ1v) is 6.59. The fraction of sp³-hybridized carbons (Fsp3) is 0.143. The third kappa shape index (κ3) is 3.86. The van der Waals surface area contributed by atoms with Gasteiger partial charge in [0.15, 0.2) is 0 Å². The average molecular weight is 323 g/mol. The number of pyridine rings is 1. The van der Waals surface area contributed by atoms with E-state index in [1.807, 2.05) is 18.2 Å². The molecule has 0 aliphatic heterocycles. The standard InChI is InChI=1S/C14H12BrFN2O/c15-10-4-5-13(16)12(9-10)14(19)18-8-6-11-3-1-2-7-17-11/h1-5,7,9H,6,8H2,(H,18,19). The molecule has 5 heteroatoms. The van der Waals surface area contributed by atoms with Gasteiger partial charge in [-0.25, -0.2) is 4.39 Å². The molecule has 0 aliphatic rings. The van der Waals surface area contributed by atoms with Gasteiger partial charge in [-0.1, -0.05) is 22.0 Å². The normalized spacial score (nSPS) is 10.2. The van der Waals surface area contributed by atoms with Crippen LogP contribution in [-0.4, -0.2) is 17.4 Å². The summed E-state index contributed by atoms with van der Waals surface area (Å²) in [7, 11) is 0. The summed E-state index contributed by atoms with van der Waals surface area (Å²) in [6.45, 7) is 0.418. The second-order valence-corrected chi connectivity index (χ2v) is 4.87. The van der Waals surface area contributed by atoms with Crippen molar-refractivity contribution in [2.24, 2.45) is 0 Å². The maximum Gasteiger partial charge on any atom is 0.254 e. The van der Waals surface area contributed by atoms with Crippen molar-refractivity contribution in [2.45, 2.75) is 6.42 Å². The lowest BCUT2D eigenvalue weighted by molar-refractivity contribution is 0.0950. The van der Waals surface area contributed by atoms with Crippen LogP contribution in [0.25, 0.3) is 0 Å². The van der Waals surface area contributed by atoms with Gasteiger partial charge in [0, 0.05) is 29.3 Å². The zero-order valence-electron chi connectivity index (χ0n) is 10.1. The van der Waals surface area contributed by atoms with Gasteiger partial charge in [-0.3, -0.25) is 9.78 Å². The second-order valence-electron chi connectivity index (χ2n) is 3.95. The van der Waals surface area contributed by atoms with Gasteiger partial charge in [-0.2, -0.15) is 0 Å². The van der Waals surface area contributed by atoms with Crippen LogP contribution >= 0.6 is 15.9 Å². The Labute approximate surface area is 119 Å². The lowest BCUT2D eigenvalue weighted by atomic mass is 10.2. The number of carbonyl (C=O) groups is 1. The van der Waals surface area contributed by atoms with Crippen molar-refractivity contribution in [1.82, 2.24) is 10.3 Å². The lowest BCUT2D eigenvalue weighted by Gasteiger charge is -2.06. The molecule has 3 nitrogen and oxygen atoms in total. The predicted octanol–water partition coefficient (Wildman–Crippen LogP) is 2.96. The Balaban J connectivity index is 1.93. The molecule has 2 aromatic rings. The van der Waals surface area contributed by atoms with E-state index in [1.165, 1.54) is 12.1 Å². The topological polar surface area (TPSA) is 42.0 Å². The summed E-state index contributed by atoms with van der Waals surface area (Å²) >= 11 is 3.21. The first-order chi connectivity index (χ1) is 9.16. The summed E-state index contributed by atoms with van der Waals surface area (Å²) in [6, 6.07) is 9.88. The number of carbonyl (C=O) groups excluding carboxylic acids is 1. The summed E-state index contributed by atoms with van der Waals surface area (Å²) in [5.74, 6) is -0.951. The molecule has 0 aliphatic carbocycles. The fourth-order valence-corrected chi connectivity index (χ4v) is 1.98. The fourth-order valence-electron chi connectivity index (χ4n) is 1.62. The summed E-state index contributed by atoms with van der Waals surface area (Å²) < 4.78 is 14.1. The minimum absolute atomic E-state index is 0.0374. The van der Waals surface area contributed by atoms with Crippen molar-refractivity contribution >= 4 is 21.8 Å². The Bertz CT molecular complexity index is 575. The molecule has 1 aromatic heterocycles. The van der Waals surface area contributed by atoms with E-state index in [0.717, 1.165) is 5.69 Å². The van der Waals surface area contributed by atoms with E-state index in [9.17, 15) is 9.18 Å². The summed E-state index contributed by atoms with van der Waals surface area (Å²) in [5, 5.41) is 2.68. The molecule has 0 fully saturated rings. The Morgan fingerprint density at radius 3 is 2.89 bits per heavy atom. The van der Waals surface area contributed by atoms with Crippen molar-refractivity contribution in [2.75, 3.05) is 6.54 Å². The van der Waals surface area contributed by atoms with Crippen LogP contribution in [0.4, 0.5) is 4.39 Å². The molecule has 1 aromatic carbocycles. The monoisotopic (exact) mass is 322 g/mol. The number of hydrogen-bond acceptors (Lipinski definition) is 2. The van der Waals surface area contributed by atoms with Gasteiger partial charge in [0.25, 0.3) is 5.91 Å². The molecule has 1 N–H and O–H groups in total. The molecule has 1 heterocycles. The average Bonchev–Trinajstić information content (AvgIpc) is 2.42. The highest BCUT2D eigenvalue weighted by atomic mass is 79.9. The van der Waals surface area contributed by atoms with E-state index < -0.39 is 11.7 Å². The number of nitrogens with zero attached hydrogens (tertiary/aromatic N) is 1. The van der Waals surface area contributed by atoms with Gasteiger partial charge in [0.2, 0.25) is 0 Å². The Morgan fingerprint density at radius 2 is 2.16 bits per heavy atom. The lowest BCUT2D eigenvalue weighted by Crippen LogP contribution is -2.26. The molecule has 0 saturated carbocycles. The van der Waals surface area contributed by atoms with Crippen molar-refractivity contribution in [1.29, 1.82) is 0 Å². The van der Waals surface area contributed by atoms with E-state index in [-0.39, 0.29) is 5.56 Å². The summed E-state index contributed by atoms with van der Waals surface area (Å²) in [6.07, 6.45) is 2.31. The van der Waals surface area contributed by atoms with Crippen LogP contribution in [0.2, 0.25) is 0 Å². The number of hydrogen-bond donors (Lipinski definition) is 1. The Morgan fingerprint density at radius 1 is 1.32 bits per heavy atom. The number of amides is 1. The SMILES string of the molecule is O=C(NCCc1ccccn1)c1cc(Br)ccc1F. The number of aromatic nitrogens is 1. The molecule has 2 rings (SSSR count). The van der Waals surface area contributed by atoms with Crippen LogP contribution in [0.5, 0.6) is 0 Å². The first-order valence-electron chi connectivity index (χ1n) is 5.80. The largest absolute Gasteiger partial charge is 0.352 e. The maximum absolute atomic E-state index is 13.5. The number of rotatable bonds is 4. The van der Waals surface area contributed by atoms with Crippen LogP contribution in [0.3, 0.4) is 0 Å². The van der Waals surface area contributed by atoms with E-state index in [4.69, 9.17) is 0 Å². The minimum Gasteiger partial charge on any atom is -0.352 e. The highest BCUT2D eigenvalue weighted by molar-refractivity contribution is 9.10. The predicted molar refractivity (Wildman–Crippen MR) is 74.4 cm³/mol. The third-order valence-corrected chi connectivity index (χ3v) is 3.06. The van der Waals surface area contributed by atoms with Crippen LogP contribution in [-0.2, 0) is 6.42 Å². The zero-order valence-corrected chi connectivity index (χ0v) is 11.7. The van der Waals surface area contributed by atoms with Crippen molar-refractivity contribution < 1.29 is 9.18 Å². The molecule has 0 bridgehead atoms. The number of halogens is 2. The molecule has 1 amide bonds. The number of benzene rings is 1. The van der Waals surface area contributed by atoms with Crippen molar-refractivity contribution in [3.63, 3.8) is 0 Å². The third-order valence-electron chi connectivity index (χ3n) is 2.57. The zero-order chi connectivity index (χ0) is 13.7. The quantitative estimate of drug-likeness (QED) is 0.940. The highest BCUT2D eigenvalue weighted by Crippen LogP contribution is 2.15. The van der Waals surface area contributed by atoms with E-state index in [1.54, 1.807) is 12.3 Å². The van der Waals surface area contributed by atoms with Crippen LogP contribution < -0.4 is 5.32 Å². The first kappa shape index (κ1) is 13.7. The maximum atomic E-state index is 13.5. The molecular formula is C14H12BrFN2O. The van der Waals surface area contributed by atoms with Crippen molar-refractivity contribution in [3.8, 4) is 0 Å². The Hall–Kier alpha value is -1.75. The van der Waals surface area contributed by atoms with E-state index in [0.29, 0.717) is 17.4 Å². The molecule has 0 atom stereocenters. The molecule has 0 radical (unpaired) electrons. The summed E-state index contributed by atoms with van der Waals surface area (Å²) in [5.41, 5.74) is 0.924. The molecule has 0 saturated heterocycles. The van der Waals surface area contributed by atoms with E-state index in [2.05, 4.69) is 26.2 Å². The highest BCUT2D eigenvalue weighted by Gasteiger charge is 2.11. The van der Waals surface area contributed by atoms with Gasteiger partial charge in [0.05, 0.1) is 5.56 Å². The smallest absolute Gasteiger partial charge is 0.254 e. The minimum atomic E-state index is -0.529. The molecular weight excluding hydrogens is 311 g/mol. The Kier molecular flexibility index (Phi) is 4.63. The molecule has 0 unspecified atom stereocenters. The van der Waals surface area contributed by atoms with Gasteiger partial charge < -0.3 is 5.32 Å². The number of nitrogens with one attached hydrogen (secondary N) is 1. The van der Waals surface area contributed by atoms with Gasteiger partial charge >= 0.3 is 0 Å².